The van der Waals surface area contributed by atoms with Crippen LogP contribution in [0.5, 0.6) is 5.75 Å². The first kappa shape index (κ1) is 18.4. The van der Waals surface area contributed by atoms with Crippen LogP contribution in [0.25, 0.3) is 16.9 Å². The summed E-state index contributed by atoms with van der Waals surface area (Å²) in [4.78, 5) is 0. The van der Waals surface area contributed by atoms with Crippen LogP contribution in [-0.4, -0.2) is 23.4 Å². The number of anilines is 1. The maximum Gasteiger partial charge on any atom is 0.416 e. The zero-order chi connectivity index (χ0) is 19.7. The summed E-state index contributed by atoms with van der Waals surface area (Å²) >= 11 is 0. The molecule has 0 spiro atoms. The highest BCUT2D eigenvalue weighted by molar-refractivity contribution is 5.72. The maximum atomic E-state index is 13.2. The van der Waals surface area contributed by atoms with Gasteiger partial charge in [0.2, 0.25) is 0 Å². The number of hydrogen-bond acceptors (Lipinski definition) is 3. The minimum atomic E-state index is -4.39. The number of nitrogens with zero attached hydrogens (tertiary/aromatic N) is 2. The number of fused-ring (bicyclic) bond motifs is 1. The molecule has 0 atom stereocenters. The molecule has 7 heteroatoms. The molecule has 0 saturated heterocycles. The molecule has 1 aromatic heterocycles. The van der Waals surface area contributed by atoms with Crippen LogP contribution in [0.1, 0.15) is 24.0 Å². The summed E-state index contributed by atoms with van der Waals surface area (Å²) in [5, 5.41) is 8.10. The van der Waals surface area contributed by atoms with E-state index in [1.54, 1.807) is 17.9 Å². The Labute approximate surface area is 160 Å². The first-order valence-corrected chi connectivity index (χ1v) is 9.15. The third kappa shape index (κ3) is 3.44. The third-order valence-corrected chi connectivity index (χ3v) is 4.91. The van der Waals surface area contributed by atoms with Crippen LogP contribution in [0.2, 0.25) is 0 Å². The SMILES string of the molecule is COc1ccc(-n2nc(-c3cccc(C(F)(F)F)c3)c3c2NCCCC3)cc1. The molecule has 0 amide bonds. The third-order valence-electron chi connectivity index (χ3n) is 4.91. The highest BCUT2D eigenvalue weighted by Gasteiger charge is 2.31. The van der Waals surface area contributed by atoms with Crippen LogP contribution >= 0.6 is 0 Å². The van der Waals surface area contributed by atoms with Gasteiger partial charge < -0.3 is 10.1 Å². The smallest absolute Gasteiger partial charge is 0.416 e. The van der Waals surface area contributed by atoms with Gasteiger partial charge in [0.1, 0.15) is 11.6 Å². The summed E-state index contributed by atoms with van der Waals surface area (Å²) < 4.78 is 46.5. The van der Waals surface area contributed by atoms with E-state index in [9.17, 15) is 13.2 Å². The largest absolute Gasteiger partial charge is 0.497 e. The number of hydrogen-bond donors (Lipinski definition) is 1. The first-order chi connectivity index (χ1) is 13.5. The average Bonchev–Trinajstić information content (AvgIpc) is 2.88. The van der Waals surface area contributed by atoms with Crippen molar-refractivity contribution in [3.8, 4) is 22.7 Å². The van der Waals surface area contributed by atoms with Gasteiger partial charge in [-0.15, -0.1) is 0 Å². The number of benzene rings is 2. The van der Waals surface area contributed by atoms with E-state index in [-0.39, 0.29) is 0 Å². The summed E-state index contributed by atoms with van der Waals surface area (Å²) in [5.74, 6) is 1.57. The molecule has 28 heavy (non-hydrogen) atoms. The van der Waals surface area contributed by atoms with Crippen molar-refractivity contribution in [2.24, 2.45) is 0 Å². The Morgan fingerprint density at radius 3 is 2.57 bits per heavy atom. The van der Waals surface area contributed by atoms with E-state index in [2.05, 4.69) is 5.32 Å². The standard InChI is InChI=1S/C21H20F3N3O/c1-28-17-10-8-16(9-11-17)27-20-18(7-2-3-12-25-20)19(26-27)14-5-4-6-15(13-14)21(22,23)24/h4-6,8-11,13,25H,2-3,7,12H2,1H3. The number of nitrogens with one attached hydrogen (secondary N) is 1. The Hall–Kier alpha value is -2.96. The fourth-order valence-corrected chi connectivity index (χ4v) is 3.49. The zero-order valence-corrected chi connectivity index (χ0v) is 15.4. The first-order valence-electron chi connectivity index (χ1n) is 9.15. The molecule has 2 aromatic carbocycles. The summed E-state index contributed by atoms with van der Waals surface area (Å²) in [5.41, 5.74) is 2.17. The summed E-state index contributed by atoms with van der Waals surface area (Å²) in [6.45, 7) is 0.802. The second-order valence-electron chi connectivity index (χ2n) is 6.75. The van der Waals surface area contributed by atoms with Crippen molar-refractivity contribution in [1.82, 2.24) is 9.78 Å². The highest BCUT2D eigenvalue weighted by atomic mass is 19.4. The van der Waals surface area contributed by atoms with E-state index in [1.807, 2.05) is 24.3 Å². The molecular formula is C21H20F3N3O. The second kappa shape index (κ2) is 7.22. The molecule has 4 nitrogen and oxygen atoms in total. The van der Waals surface area contributed by atoms with Crippen LogP contribution in [0.3, 0.4) is 0 Å². The molecule has 0 fully saturated rings. The van der Waals surface area contributed by atoms with E-state index in [1.165, 1.54) is 12.1 Å². The van der Waals surface area contributed by atoms with Crippen LogP contribution < -0.4 is 10.1 Å². The normalized spacial score (nSPS) is 14.1. The monoisotopic (exact) mass is 387 g/mol. The van der Waals surface area contributed by atoms with E-state index < -0.39 is 11.7 Å². The highest BCUT2D eigenvalue weighted by Crippen LogP contribution is 2.37. The number of aromatic nitrogens is 2. The Balaban J connectivity index is 1.85. The molecule has 0 saturated carbocycles. The maximum absolute atomic E-state index is 13.2. The van der Waals surface area contributed by atoms with Gasteiger partial charge >= 0.3 is 6.18 Å². The predicted molar refractivity (Wildman–Crippen MR) is 102 cm³/mol. The molecule has 1 N–H and O–H groups in total. The van der Waals surface area contributed by atoms with Gasteiger partial charge in [0.15, 0.2) is 0 Å². The van der Waals surface area contributed by atoms with E-state index in [0.717, 1.165) is 54.7 Å². The number of rotatable bonds is 3. The van der Waals surface area contributed by atoms with Crippen molar-refractivity contribution in [2.45, 2.75) is 25.4 Å². The van der Waals surface area contributed by atoms with Gasteiger partial charge in [-0.05, 0) is 55.7 Å². The number of ether oxygens (including phenoxy) is 1. The molecule has 1 aliphatic rings. The quantitative estimate of drug-likeness (QED) is 0.662. The summed E-state index contributed by atoms with van der Waals surface area (Å²) in [6, 6.07) is 12.8. The Bertz CT molecular complexity index is 978. The van der Waals surface area contributed by atoms with Gasteiger partial charge in [-0.3, -0.25) is 0 Å². The minimum Gasteiger partial charge on any atom is -0.497 e. The number of methoxy groups -OCH3 is 1. The van der Waals surface area contributed by atoms with Gasteiger partial charge in [0.25, 0.3) is 0 Å². The van der Waals surface area contributed by atoms with Crippen molar-refractivity contribution >= 4 is 5.82 Å². The molecule has 0 radical (unpaired) electrons. The van der Waals surface area contributed by atoms with E-state index >= 15 is 0 Å². The Morgan fingerprint density at radius 2 is 1.86 bits per heavy atom. The van der Waals surface area contributed by atoms with Crippen molar-refractivity contribution in [1.29, 1.82) is 0 Å². The minimum absolute atomic E-state index is 0.474. The topological polar surface area (TPSA) is 39.1 Å². The molecule has 146 valence electrons. The predicted octanol–water partition coefficient (Wildman–Crippen LogP) is 5.31. The molecule has 0 unspecified atom stereocenters. The van der Waals surface area contributed by atoms with Crippen LogP contribution in [0.4, 0.5) is 19.0 Å². The van der Waals surface area contributed by atoms with Gasteiger partial charge in [-0.2, -0.15) is 18.3 Å². The molecule has 4 rings (SSSR count). The zero-order valence-electron chi connectivity index (χ0n) is 15.4. The van der Waals surface area contributed by atoms with Crippen LogP contribution in [-0.2, 0) is 12.6 Å². The van der Waals surface area contributed by atoms with Crippen molar-refractivity contribution in [3.05, 3.63) is 59.7 Å². The Morgan fingerprint density at radius 1 is 1.07 bits per heavy atom. The van der Waals surface area contributed by atoms with Gasteiger partial charge in [0, 0.05) is 17.7 Å². The lowest BCUT2D eigenvalue weighted by Crippen LogP contribution is -2.07. The lowest BCUT2D eigenvalue weighted by atomic mass is 10.0. The van der Waals surface area contributed by atoms with Gasteiger partial charge in [0.05, 0.1) is 24.1 Å². The average molecular weight is 387 g/mol. The van der Waals surface area contributed by atoms with E-state index in [4.69, 9.17) is 9.84 Å². The van der Waals surface area contributed by atoms with E-state index in [0.29, 0.717) is 11.3 Å². The molecular weight excluding hydrogens is 367 g/mol. The van der Waals surface area contributed by atoms with Gasteiger partial charge in [-0.25, -0.2) is 4.68 Å². The fourth-order valence-electron chi connectivity index (χ4n) is 3.49. The lowest BCUT2D eigenvalue weighted by molar-refractivity contribution is -0.137. The van der Waals surface area contributed by atoms with Crippen LogP contribution in [0, 0.1) is 0 Å². The van der Waals surface area contributed by atoms with Crippen LogP contribution in [0.15, 0.2) is 48.5 Å². The number of alkyl halides is 3. The number of halogens is 3. The molecule has 3 aromatic rings. The Kier molecular flexibility index (Phi) is 4.75. The van der Waals surface area contributed by atoms with Crippen molar-refractivity contribution in [3.63, 3.8) is 0 Å². The molecule has 1 aliphatic heterocycles. The molecule has 0 bridgehead atoms. The lowest BCUT2D eigenvalue weighted by Gasteiger charge is -2.09. The summed E-state index contributed by atoms with van der Waals surface area (Å²) in [7, 11) is 1.60. The second-order valence-corrected chi connectivity index (χ2v) is 6.75. The molecule has 0 aliphatic carbocycles. The molecule has 2 heterocycles. The van der Waals surface area contributed by atoms with Crippen molar-refractivity contribution in [2.75, 3.05) is 19.0 Å². The fraction of sp³-hybridized carbons (Fsp3) is 0.286. The summed E-state index contributed by atoms with van der Waals surface area (Å²) in [6.07, 6.45) is -1.66. The van der Waals surface area contributed by atoms with Gasteiger partial charge in [-0.1, -0.05) is 12.1 Å². The van der Waals surface area contributed by atoms with Crippen molar-refractivity contribution < 1.29 is 17.9 Å².